The van der Waals surface area contributed by atoms with Crippen LogP contribution in [0.25, 0.3) is 0 Å². The monoisotopic (exact) mass is 366 g/mol. The molecule has 0 unspecified atom stereocenters. The van der Waals surface area contributed by atoms with Crippen molar-refractivity contribution >= 4 is 56.8 Å². The van der Waals surface area contributed by atoms with Crippen molar-refractivity contribution in [3.63, 3.8) is 0 Å². The van der Waals surface area contributed by atoms with E-state index in [0.717, 1.165) is 0 Å². The molecule has 2 amide bonds. The van der Waals surface area contributed by atoms with Crippen molar-refractivity contribution in [3.8, 4) is 0 Å². The molecule has 0 saturated heterocycles. The normalized spacial score (nSPS) is 9.84. The van der Waals surface area contributed by atoms with Crippen molar-refractivity contribution in [1.82, 2.24) is 5.32 Å². The molecule has 5 nitrogen and oxygen atoms in total. The predicted molar refractivity (Wildman–Crippen MR) is 78.5 cm³/mol. The summed E-state index contributed by atoms with van der Waals surface area (Å²) in [4.78, 5) is 22.3. The van der Waals surface area contributed by atoms with Crippen molar-refractivity contribution < 1.29 is 14.7 Å². The van der Waals surface area contributed by atoms with Crippen molar-refractivity contribution in [2.75, 3.05) is 11.9 Å². The van der Waals surface area contributed by atoms with E-state index >= 15 is 0 Å². The first kappa shape index (κ1) is 15.8. The lowest BCUT2D eigenvalue weighted by atomic mass is 10.2. The average molecular weight is 368 g/mol. The lowest BCUT2D eigenvalue weighted by Gasteiger charge is -2.11. The molecule has 0 aliphatic carbocycles. The van der Waals surface area contributed by atoms with Gasteiger partial charge in [-0.1, -0.05) is 45.7 Å². The molecule has 0 fully saturated rings. The van der Waals surface area contributed by atoms with Gasteiger partial charge in [-0.25, -0.2) is 9.59 Å². The van der Waals surface area contributed by atoms with Gasteiger partial charge in [-0.2, -0.15) is 0 Å². The van der Waals surface area contributed by atoms with Crippen LogP contribution in [0, 0.1) is 0 Å². The van der Waals surface area contributed by atoms with Gasteiger partial charge in [0.2, 0.25) is 0 Å². The van der Waals surface area contributed by atoms with Crippen LogP contribution >= 0.6 is 39.1 Å². The second-order valence-corrected chi connectivity index (χ2v) is 5.38. The van der Waals surface area contributed by atoms with Crippen LogP contribution in [0.4, 0.5) is 10.5 Å². The number of hydrogen-bond acceptors (Lipinski definition) is 2. The molecule has 0 atom stereocenters. The van der Waals surface area contributed by atoms with E-state index in [4.69, 9.17) is 28.3 Å². The number of aromatic carboxylic acids is 1. The van der Waals surface area contributed by atoms with Gasteiger partial charge in [0.15, 0.2) is 0 Å². The fraction of sp³-hybridized carbons (Fsp3) is 0.0909. The maximum Gasteiger partial charge on any atom is 0.335 e. The lowest BCUT2D eigenvalue weighted by Crippen LogP contribution is -2.29. The molecule has 8 heteroatoms. The number of carbonyl (C=O) groups excluding carboxylic acids is 1. The van der Waals surface area contributed by atoms with E-state index < -0.39 is 12.0 Å². The first-order valence-electron chi connectivity index (χ1n) is 4.91. The standard InChI is InChI=1S/C11H9BrCl2N2O3/c1-5(12)4-15-11(19)16-9-7(13)2-6(10(17)18)3-8(9)14/h2-3H,1,4H2,(H,17,18)(H2,15,16,19). The predicted octanol–water partition coefficient (Wildman–Crippen LogP) is 3.72. The van der Waals surface area contributed by atoms with Gasteiger partial charge in [-0.15, -0.1) is 0 Å². The van der Waals surface area contributed by atoms with Gasteiger partial charge in [-0.3, -0.25) is 0 Å². The molecule has 1 aromatic rings. The highest BCUT2D eigenvalue weighted by Gasteiger charge is 2.14. The molecule has 102 valence electrons. The van der Waals surface area contributed by atoms with Crippen molar-refractivity contribution in [2.45, 2.75) is 0 Å². The van der Waals surface area contributed by atoms with Gasteiger partial charge in [-0.05, 0) is 12.1 Å². The van der Waals surface area contributed by atoms with Crippen LogP contribution in [0.1, 0.15) is 10.4 Å². The van der Waals surface area contributed by atoms with E-state index in [1.165, 1.54) is 12.1 Å². The molecule has 1 aromatic carbocycles. The molecular weight excluding hydrogens is 359 g/mol. The summed E-state index contributed by atoms with van der Waals surface area (Å²) in [5.41, 5.74) is 0.0841. The van der Waals surface area contributed by atoms with Crippen molar-refractivity contribution in [1.29, 1.82) is 0 Å². The highest BCUT2D eigenvalue weighted by Crippen LogP contribution is 2.31. The van der Waals surface area contributed by atoms with E-state index in [-0.39, 0.29) is 27.8 Å². The Morgan fingerprint density at radius 1 is 1.32 bits per heavy atom. The number of halogens is 3. The van der Waals surface area contributed by atoms with Crippen LogP contribution in [0.2, 0.25) is 10.0 Å². The highest BCUT2D eigenvalue weighted by molar-refractivity contribution is 9.11. The van der Waals surface area contributed by atoms with E-state index in [1.807, 2.05) is 0 Å². The molecule has 0 aromatic heterocycles. The quantitative estimate of drug-likeness (QED) is 0.758. The third-order valence-electron chi connectivity index (χ3n) is 1.97. The smallest absolute Gasteiger partial charge is 0.335 e. The summed E-state index contributed by atoms with van der Waals surface area (Å²) < 4.78 is 0.598. The van der Waals surface area contributed by atoms with Crippen LogP contribution in [0.5, 0.6) is 0 Å². The molecule has 0 aliphatic heterocycles. The second-order valence-electron chi connectivity index (χ2n) is 3.44. The molecule has 3 N–H and O–H groups in total. The zero-order chi connectivity index (χ0) is 14.6. The molecule has 0 heterocycles. The van der Waals surface area contributed by atoms with Gasteiger partial charge in [0.25, 0.3) is 0 Å². The number of rotatable bonds is 4. The average Bonchev–Trinajstić information content (AvgIpc) is 2.30. The van der Waals surface area contributed by atoms with Crippen molar-refractivity contribution in [3.05, 3.63) is 38.8 Å². The molecule has 0 radical (unpaired) electrons. The van der Waals surface area contributed by atoms with E-state index in [2.05, 4.69) is 33.1 Å². The summed E-state index contributed by atoms with van der Waals surface area (Å²) in [7, 11) is 0. The first-order valence-corrected chi connectivity index (χ1v) is 6.46. The molecule has 0 saturated carbocycles. The molecule has 19 heavy (non-hydrogen) atoms. The fourth-order valence-corrected chi connectivity index (χ4v) is 1.87. The Bertz CT molecular complexity index is 526. The maximum absolute atomic E-state index is 11.5. The molecular formula is C11H9BrCl2N2O3. The summed E-state index contributed by atoms with van der Waals surface area (Å²) in [6.45, 7) is 3.79. The molecule has 0 spiro atoms. The zero-order valence-corrected chi connectivity index (χ0v) is 12.6. The van der Waals surface area contributed by atoms with Gasteiger partial charge in [0.1, 0.15) is 0 Å². The van der Waals surface area contributed by atoms with Gasteiger partial charge in [0, 0.05) is 4.48 Å². The maximum atomic E-state index is 11.5. The summed E-state index contributed by atoms with van der Waals surface area (Å²) in [5, 5.41) is 13.8. The van der Waals surface area contributed by atoms with Crippen LogP contribution in [0.15, 0.2) is 23.2 Å². The van der Waals surface area contributed by atoms with Crippen LogP contribution in [-0.4, -0.2) is 23.7 Å². The minimum atomic E-state index is -1.16. The molecule has 0 aliphatic rings. The third kappa shape index (κ3) is 4.74. The Morgan fingerprint density at radius 2 is 1.84 bits per heavy atom. The van der Waals surface area contributed by atoms with E-state index in [9.17, 15) is 9.59 Å². The number of nitrogens with one attached hydrogen (secondary N) is 2. The number of carboxylic acids is 1. The zero-order valence-electron chi connectivity index (χ0n) is 9.47. The number of benzene rings is 1. The van der Waals surface area contributed by atoms with Crippen LogP contribution in [0.3, 0.4) is 0 Å². The van der Waals surface area contributed by atoms with Crippen LogP contribution in [-0.2, 0) is 0 Å². The number of anilines is 1. The number of urea groups is 1. The first-order chi connectivity index (χ1) is 8.81. The number of hydrogen-bond donors (Lipinski definition) is 3. The summed E-state index contributed by atoms with van der Waals surface area (Å²) in [5.74, 6) is -1.16. The van der Waals surface area contributed by atoms with Gasteiger partial charge in [0.05, 0.1) is 27.8 Å². The lowest BCUT2D eigenvalue weighted by molar-refractivity contribution is 0.0697. The van der Waals surface area contributed by atoms with Crippen LogP contribution < -0.4 is 10.6 Å². The minimum Gasteiger partial charge on any atom is -0.478 e. The summed E-state index contributed by atoms with van der Waals surface area (Å²) in [6.07, 6.45) is 0. The Hall–Kier alpha value is -1.24. The van der Waals surface area contributed by atoms with Gasteiger partial charge < -0.3 is 15.7 Å². The highest BCUT2D eigenvalue weighted by atomic mass is 79.9. The fourth-order valence-electron chi connectivity index (χ4n) is 1.15. The Balaban J connectivity index is 2.87. The van der Waals surface area contributed by atoms with Crippen molar-refractivity contribution in [2.24, 2.45) is 0 Å². The Labute approximate surface area is 127 Å². The number of amides is 2. The topological polar surface area (TPSA) is 78.4 Å². The van der Waals surface area contributed by atoms with E-state index in [0.29, 0.717) is 4.48 Å². The van der Waals surface area contributed by atoms with E-state index in [1.54, 1.807) is 0 Å². The SMILES string of the molecule is C=C(Br)CNC(=O)Nc1c(Cl)cc(C(=O)O)cc1Cl. The second kappa shape index (κ2) is 6.79. The largest absolute Gasteiger partial charge is 0.478 e. The Morgan fingerprint density at radius 3 is 2.26 bits per heavy atom. The van der Waals surface area contributed by atoms with Gasteiger partial charge >= 0.3 is 12.0 Å². The molecule has 0 bridgehead atoms. The summed E-state index contributed by atoms with van der Waals surface area (Å²) in [6, 6.07) is 1.87. The minimum absolute atomic E-state index is 0.0396. The summed E-state index contributed by atoms with van der Waals surface area (Å²) >= 11 is 14.8. The number of carboxylic acid groups (broad SMARTS) is 1. The Kier molecular flexibility index (Phi) is 5.65. The number of carbonyl (C=O) groups is 2. The third-order valence-corrected chi connectivity index (χ3v) is 2.84. The molecule has 1 rings (SSSR count).